The van der Waals surface area contributed by atoms with Crippen LogP contribution in [0.4, 0.5) is 4.79 Å². The molecule has 0 saturated carbocycles. The number of quaternary nitrogens is 1. The molecule has 8 heteroatoms. The highest BCUT2D eigenvalue weighted by atomic mass is 79.9. The first-order chi connectivity index (χ1) is 19.9. The number of ether oxygens (including phenoxy) is 1. The van der Waals surface area contributed by atoms with Crippen LogP contribution in [0.15, 0.2) is 84.5 Å². The molecule has 0 radical (unpaired) electrons. The Morgan fingerprint density at radius 2 is 1.61 bits per heavy atom. The standard InChI is InChI=1S/C16H15NO4.C16H27NO.CH3Br/c18-15(19)14(13-9-5-2-6-10-13)17-16(20)21-11-12-7-3-1-4-8-12;1-4-7-15(8-5-2)16(18)13-17-11-9-14(6-3)10-12-17;1-2/h1-10,14H,11H2,(H,17,20)(H,18,19);4,7-8,14H,5-6,9-13H2,1-3H3;1H3/p+1/b;7-4-,15-8+;. The first kappa shape index (κ1) is 35.8. The molecule has 0 aliphatic carbocycles. The highest BCUT2D eigenvalue weighted by Crippen LogP contribution is 2.14. The lowest BCUT2D eigenvalue weighted by molar-refractivity contribution is -0.898. The van der Waals surface area contributed by atoms with Crippen molar-refractivity contribution in [2.24, 2.45) is 5.92 Å². The number of likely N-dealkylation sites (tertiary alicyclic amines) is 1. The summed E-state index contributed by atoms with van der Waals surface area (Å²) >= 11 is 2.94. The molecule has 0 bridgehead atoms. The van der Waals surface area contributed by atoms with Gasteiger partial charge in [-0.05, 0) is 49.1 Å². The third-order valence-electron chi connectivity index (χ3n) is 6.75. The van der Waals surface area contributed by atoms with Gasteiger partial charge in [-0.2, -0.15) is 0 Å². The maximum atomic E-state index is 12.2. The van der Waals surface area contributed by atoms with Gasteiger partial charge in [-0.1, -0.05) is 115 Å². The molecule has 1 saturated heterocycles. The summed E-state index contributed by atoms with van der Waals surface area (Å²) in [7, 11) is 0. The third kappa shape index (κ3) is 14.3. The van der Waals surface area contributed by atoms with Crippen molar-refractivity contribution < 1.29 is 29.1 Å². The number of carboxylic acid groups (broad SMARTS) is 1. The van der Waals surface area contributed by atoms with Crippen molar-refractivity contribution in [1.29, 1.82) is 0 Å². The van der Waals surface area contributed by atoms with Crippen LogP contribution >= 0.6 is 15.9 Å². The van der Waals surface area contributed by atoms with Crippen LogP contribution in [-0.4, -0.2) is 48.4 Å². The van der Waals surface area contributed by atoms with Crippen molar-refractivity contribution in [3.63, 3.8) is 0 Å². The average Bonchev–Trinajstić information content (AvgIpc) is 3.01. The number of amides is 1. The molecule has 41 heavy (non-hydrogen) atoms. The molecule has 1 heterocycles. The highest BCUT2D eigenvalue weighted by Gasteiger charge is 2.24. The van der Waals surface area contributed by atoms with Gasteiger partial charge in [0, 0.05) is 5.57 Å². The average molecular weight is 631 g/mol. The molecule has 7 nitrogen and oxygen atoms in total. The zero-order valence-electron chi connectivity index (χ0n) is 24.8. The second-order valence-corrected chi connectivity index (χ2v) is 9.66. The summed E-state index contributed by atoms with van der Waals surface area (Å²) in [6.07, 6.45) is 9.97. The fraction of sp³-hybridized carbons (Fsp3) is 0.424. The molecule has 0 spiro atoms. The molecule has 1 aliphatic heterocycles. The molecule has 1 atom stereocenters. The summed E-state index contributed by atoms with van der Waals surface area (Å²) in [5.74, 6) is 1.87. The molecule has 1 unspecified atom stereocenters. The number of carbonyl (C=O) groups excluding carboxylic acids is 2. The summed E-state index contributed by atoms with van der Waals surface area (Å²) < 4.78 is 5.02. The van der Waals surface area contributed by atoms with Crippen LogP contribution in [0.5, 0.6) is 0 Å². The van der Waals surface area contributed by atoms with Crippen LogP contribution in [0.2, 0.25) is 0 Å². The van der Waals surface area contributed by atoms with Gasteiger partial charge >= 0.3 is 12.1 Å². The van der Waals surface area contributed by atoms with Gasteiger partial charge in [0.15, 0.2) is 6.04 Å². The smallest absolute Gasteiger partial charge is 0.408 e. The molecule has 3 rings (SSSR count). The van der Waals surface area contributed by atoms with Crippen LogP contribution in [0.3, 0.4) is 0 Å². The minimum atomic E-state index is -1.14. The number of halogens is 1. The van der Waals surface area contributed by atoms with E-state index in [4.69, 9.17) is 4.74 Å². The maximum Gasteiger partial charge on any atom is 0.408 e. The van der Waals surface area contributed by atoms with Gasteiger partial charge in [-0.25, -0.2) is 9.59 Å². The number of aliphatic carboxylic acids is 1. The van der Waals surface area contributed by atoms with E-state index in [9.17, 15) is 19.5 Å². The van der Waals surface area contributed by atoms with E-state index in [1.54, 1.807) is 30.3 Å². The molecule has 1 aliphatic rings. The number of nitrogens with one attached hydrogen (secondary N) is 2. The number of piperidine rings is 1. The van der Waals surface area contributed by atoms with E-state index in [0.29, 0.717) is 17.9 Å². The van der Waals surface area contributed by atoms with E-state index >= 15 is 0 Å². The lowest BCUT2D eigenvalue weighted by Gasteiger charge is -2.28. The summed E-state index contributed by atoms with van der Waals surface area (Å²) in [4.78, 5) is 36.6. The molecule has 2 aromatic rings. The van der Waals surface area contributed by atoms with Gasteiger partial charge in [0.1, 0.15) is 13.2 Å². The van der Waals surface area contributed by atoms with Gasteiger partial charge < -0.3 is 20.1 Å². The van der Waals surface area contributed by atoms with Gasteiger partial charge in [-0.15, -0.1) is 0 Å². The van der Waals surface area contributed by atoms with E-state index in [1.165, 1.54) is 37.3 Å². The van der Waals surface area contributed by atoms with Gasteiger partial charge in [0.2, 0.25) is 5.78 Å². The van der Waals surface area contributed by atoms with Gasteiger partial charge in [0.05, 0.1) is 13.1 Å². The predicted octanol–water partition coefficient (Wildman–Crippen LogP) is 5.92. The molecule has 0 aromatic heterocycles. The SMILES string of the molecule is C/C=C\C(=C/CC)C(=O)C[NH+]1CCC(CC)CC1.CBr.O=C(NC(C(=O)O)c1ccccc1)OCc1ccccc1. The Kier molecular flexibility index (Phi) is 18.8. The summed E-state index contributed by atoms with van der Waals surface area (Å²) in [6.45, 7) is 9.42. The van der Waals surface area contributed by atoms with Crippen LogP contribution in [0.25, 0.3) is 0 Å². The van der Waals surface area contributed by atoms with Gasteiger partial charge in [-0.3, -0.25) is 4.79 Å². The minimum absolute atomic E-state index is 0.0911. The zero-order valence-corrected chi connectivity index (χ0v) is 26.4. The highest BCUT2D eigenvalue weighted by molar-refractivity contribution is 9.08. The predicted molar refractivity (Wildman–Crippen MR) is 168 cm³/mol. The van der Waals surface area contributed by atoms with E-state index in [0.717, 1.165) is 23.5 Å². The largest absolute Gasteiger partial charge is 0.479 e. The Morgan fingerprint density at radius 3 is 2.12 bits per heavy atom. The first-order valence-corrected chi connectivity index (χ1v) is 15.8. The lowest BCUT2D eigenvalue weighted by atomic mass is 9.94. The molecule has 1 amide bonds. The van der Waals surface area contributed by atoms with Crippen LogP contribution in [0.1, 0.15) is 63.6 Å². The maximum absolute atomic E-state index is 12.2. The van der Waals surface area contributed by atoms with E-state index in [2.05, 4.69) is 35.1 Å². The Bertz CT molecular complexity index is 1080. The van der Waals surface area contributed by atoms with Crippen LogP contribution in [-0.2, 0) is 20.9 Å². The summed E-state index contributed by atoms with van der Waals surface area (Å²) in [6, 6.07) is 16.5. The third-order valence-corrected chi connectivity index (χ3v) is 6.75. The second-order valence-electron chi connectivity index (χ2n) is 9.66. The fourth-order valence-corrected chi connectivity index (χ4v) is 4.49. The van der Waals surface area contributed by atoms with E-state index in [1.807, 2.05) is 61.3 Å². The minimum Gasteiger partial charge on any atom is -0.479 e. The molecule has 2 aromatic carbocycles. The summed E-state index contributed by atoms with van der Waals surface area (Å²) in [5.41, 5.74) is 2.21. The van der Waals surface area contributed by atoms with Crippen LogP contribution < -0.4 is 10.2 Å². The van der Waals surface area contributed by atoms with Crippen molar-refractivity contribution >= 4 is 33.8 Å². The van der Waals surface area contributed by atoms with Crippen molar-refractivity contribution in [3.8, 4) is 0 Å². The Labute approximate surface area is 253 Å². The molecular formula is C33H46BrN2O5+. The number of alkyl carbamates (subject to hydrolysis) is 1. The monoisotopic (exact) mass is 629 g/mol. The number of hydrogen-bond donors (Lipinski definition) is 3. The summed E-state index contributed by atoms with van der Waals surface area (Å²) in [5, 5.41) is 11.5. The second kappa shape index (κ2) is 21.5. The van der Waals surface area contributed by atoms with Crippen molar-refractivity contribution in [3.05, 3.63) is 95.6 Å². The van der Waals surface area contributed by atoms with Crippen molar-refractivity contribution in [2.75, 3.05) is 25.5 Å². The number of rotatable bonds is 11. The Hall–Kier alpha value is -3.23. The fourth-order valence-electron chi connectivity index (χ4n) is 4.49. The quantitative estimate of drug-likeness (QED) is 0.163. The first-order valence-electron chi connectivity index (χ1n) is 14.2. The Balaban J connectivity index is 0.000000391. The molecule has 224 valence electrons. The van der Waals surface area contributed by atoms with Crippen molar-refractivity contribution in [2.45, 2.75) is 59.1 Å². The number of allylic oxidation sites excluding steroid dienone is 3. The van der Waals surface area contributed by atoms with Gasteiger partial charge in [0.25, 0.3) is 0 Å². The number of alkyl halides is 1. The number of ketones is 1. The molecular weight excluding hydrogens is 584 g/mol. The van der Waals surface area contributed by atoms with E-state index in [-0.39, 0.29) is 6.61 Å². The number of Topliss-reactive ketones (excluding diaryl/α,β-unsaturated/α-hetero) is 1. The van der Waals surface area contributed by atoms with Crippen molar-refractivity contribution in [1.82, 2.24) is 5.32 Å². The van der Waals surface area contributed by atoms with Crippen LogP contribution in [0, 0.1) is 5.92 Å². The molecule has 1 fully saturated rings. The normalized spacial score (nSPS) is 17.2. The van der Waals surface area contributed by atoms with E-state index < -0.39 is 18.1 Å². The number of carboxylic acids is 1. The molecule has 3 N–H and O–H groups in total. The lowest BCUT2D eigenvalue weighted by Crippen LogP contribution is -3.14. The number of carbonyl (C=O) groups is 3. The zero-order chi connectivity index (χ0) is 30.5. The number of hydrogen-bond acceptors (Lipinski definition) is 4. The topological polar surface area (TPSA) is 97.1 Å². The Morgan fingerprint density at radius 1 is 1.02 bits per heavy atom. The number of benzene rings is 2.